The van der Waals surface area contributed by atoms with E-state index in [1.165, 1.54) is 11.3 Å². The summed E-state index contributed by atoms with van der Waals surface area (Å²) in [6.45, 7) is 1.26. The number of likely N-dealkylation sites (tertiary alicyclic amines) is 1. The Hall–Kier alpha value is -3.00. The maximum Gasteiger partial charge on any atom is 0.378 e. The lowest BCUT2D eigenvalue weighted by molar-refractivity contribution is -0.128. The summed E-state index contributed by atoms with van der Waals surface area (Å²) in [6.07, 6.45) is 1.43. The van der Waals surface area contributed by atoms with Gasteiger partial charge in [0.15, 0.2) is 5.82 Å². The molecule has 1 aliphatic heterocycles. The molecule has 1 amide bonds. The number of rotatable bonds is 6. The van der Waals surface area contributed by atoms with Gasteiger partial charge in [0.05, 0.1) is 17.1 Å². The van der Waals surface area contributed by atoms with Crippen LogP contribution >= 0.6 is 11.3 Å². The molecule has 0 spiro atoms. The highest BCUT2D eigenvalue weighted by molar-refractivity contribution is 7.13. The molecule has 1 fully saturated rings. The minimum atomic E-state index is -0.589. The van der Waals surface area contributed by atoms with Crippen LogP contribution in [0.3, 0.4) is 0 Å². The van der Waals surface area contributed by atoms with E-state index in [2.05, 4.69) is 10.1 Å². The fourth-order valence-corrected chi connectivity index (χ4v) is 3.67. The molecule has 8 heteroatoms. The summed E-state index contributed by atoms with van der Waals surface area (Å²) in [4.78, 5) is 31.0. The summed E-state index contributed by atoms with van der Waals surface area (Å²) in [5.41, 5.74) is 0.815. The monoisotopic (exact) mass is 382 g/mol. The van der Waals surface area contributed by atoms with Gasteiger partial charge in [-0.25, -0.2) is 9.48 Å². The third-order valence-electron chi connectivity index (χ3n) is 4.30. The van der Waals surface area contributed by atoms with E-state index in [4.69, 9.17) is 4.74 Å². The van der Waals surface area contributed by atoms with Crippen molar-refractivity contribution in [2.24, 2.45) is 0 Å². The van der Waals surface area contributed by atoms with E-state index in [1.54, 1.807) is 9.58 Å². The van der Waals surface area contributed by atoms with Gasteiger partial charge in [0.1, 0.15) is 6.61 Å². The van der Waals surface area contributed by atoms with Crippen molar-refractivity contribution in [1.82, 2.24) is 19.7 Å². The van der Waals surface area contributed by atoms with Crippen molar-refractivity contribution in [3.8, 4) is 16.4 Å². The first-order valence-corrected chi connectivity index (χ1v) is 9.61. The zero-order valence-corrected chi connectivity index (χ0v) is 15.4. The van der Waals surface area contributed by atoms with Crippen LogP contribution in [0.5, 0.6) is 0 Å². The number of para-hydroxylation sites is 1. The van der Waals surface area contributed by atoms with Crippen LogP contribution in [-0.4, -0.2) is 51.2 Å². The number of benzene rings is 1. The van der Waals surface area contributed by atoms with Crippen LogP contribution in [-0.2, 0) is 9.53 Å². The highest BCUT2D eigenvalue weighted by Gasteiger charge is 2.22. The fraction of sp³-hybridized carbons (Fsp3) is 0.263. The second-order valence-corrected chi connectivity index (χ2v) is 7.05. The topological polar surface area (TPSA) is 77.3 Å². The molecule has 0 bridgehead atoms. The first kappa shape index (κ1) is 17.4. The lowest BCUT2D eigenvalue weighted by atomic mass is 10.3. The van der Waals surface area contributed by atoms with E-state index < -0.39 is 5.97 Å². The quantitative estimate of drug-likeness (QED) is 0.613. The number of esters is 1. The van der Waals surface area contributed by atoms with Crippen LogP contribution < -0.4 is 0 Å². The number of aromatic nitrogens is 3. The van der Waals surface area contributed by atoms with Crippen molar-refractivity contribution in [2.75, 3.05) is 19.7 Å². The van der Waals surface area contributed by atoms with E-state index in [9.17, 15) is 9.59 Å². The van der Waals surface area contributed by atoms with E-state index >= 15 is 0 Å². The maximum atomic E-state index is 12.4. The summed E-state index contributed by atoms with van der Waals surface area (Å²) < 4.78 is 6.94. The van der Waals surface area contributed by atoms with E-state index in [1.807, 2.05) is 47.8 Å². The number of amides is 1. The van der Waals surface area contributed by atoms with Gasteiger partial charge in [-0.3, -0.25) is 4.79 Å². The van der Waals surface area contributed by atoms with E-state index in [0.29, 0.717) is 18.8 Å². The van der Waals surface area contributed by atoms with Gasteiger partial charge in [0.25, 0.3) is 5.82 Å². The standard InChI is InChI=1S/C19H18N4O3S/c24-16-9-4-10-22(16)11-12-26-19(25)17-20-18(15-8-5-13-27-15)23(21-17)14-6-2-1-3-7-14/h1-3,5-8,13H,4,9-12H2. The molecule has 2 aromatic heterocycles. The lowest BCUT2D eigenvalue weighted by Crippen LogP contribution is -2.29. The lowest BCUT2D eigenvalue weighted by Gasteiger charge is -2.14. The molecule has 1 aromatic carbocycles. The minimum absolute atomic E-state index is 0.00926. The van der Waals surface area contributed by atoms with Gasteiger partial charge in [-0.05, 0) is 30.0 Å². The second-order valence-electron chi connectivity index (χ2n) is 6.10. The molecule has 3 aromatic rings. The molecule has 7 nitrogen and oxygen atoms in total. The molecule has 0 N–H and O–H groups in total. The number of thiophene rings is 1. The average Bonchev–Trinajstić information content (AvgIpc) is 3.43. The average molecular weight is 382 g/mol. The van der Waals surface area contributed by atoms with Gasteiger partial charge >= 0.3 is 5.97 Å². The SMILES string of the molecule is O=C(OCCN1CCCC1=O)c1nc(-c2cccs2)n(-c2ccccc2)n1. The summed E-state index contributed by atoms with van der Waals surface area (Å²) >= 11 is 1.53. The van der Waals surface area contributed by atoms with Gasteiger partial charge in [-0.15, -0.1) is 16.4 Å². The molecule has 3 heterocycles. The highest BCUT2D eigenvalue weighted by atomic mass is 32.1. The first-order valence-electron chi connectivity index (χ1n) is 8.73. The zero-order valence-electron chi connectivity index (χ0n) is 14.6. The van der Waals surface area contributed by atoms with Crippen molar-refractivity contribution >= 4 is 23.2 Å². The normalized spacial score (nSPS) is 13.9. The van der Waals surface area contributed by atoms with Crippen LogP contribution in [0, 0.1) is 0 Å². The van der Waals surface area contributed by atoms with Crippen LogP contribution in [0.25, 0.3) is 16.4 Å². The minimum Gasteiger partial charge on any atom is -0.458 e. The number of carbonyl (C=O) groups excluding carboxylic acids is 2. The van der Waals surface area contributed by atoms with Crippen molar-refractivity contribution in [3.05, 3.63) is 53.7 Å². The Balaban J connectivity index is 1.52. The predicted octanol–water partition coefficient (Wildman–Crippen LogP) is 2.78. The molecule has 1 aliphatic rings. The molecule has 0 saturated carbocycles. The van der Waals surface area contributed by atoms with Crippen LogP contribution in [0.15, 0.2) is 47.8 Å². The Morgan fingerprint density at radius 3 is 2.74 bits per heavy atom. The molecule has 0 atom stereocenters. The Labute approximate surface area is 160 Å². The Morgan fingerprint density at radius 2 is 2.04 bits per heavy atom. The summed E-state index contributed by atoms with van der Waals surface area (Å²) in [5, 5.41) is 6.31. The van der Waals surface area contributed by atoms with Crippen LogP contribution in [0.1, 0.15) is 23.5 Å². The van der Waals surface area contributed by atoms with Crippen LogP contribution in [0.2, 0.25) is 0 Å². The van der Waals surface area contributed by atoms with Gasteiger partial charge in [-0.1, -0.05) is 24.3 Å². The molecule has 4 rings (SSSR count). The largest absolute Gasteiger partial charge is 0.458 e. The third kappa shape index (κ3) is 3.75. The Bertz CT molecular complexity index is 937. The maximum absolute atomic E-state index is 12.4. The summed E-state index contributed by atoms with van der Waals surface area (Å²) in [7, 11) is 0. The van der Waals surface area contributed by atoms with Crippen molar-refractivity contribution in [2.45, 2.75) is 12.8 Å². The van der Waals surface area contributed by atoms with E-state index in [0.717, 1.165) is 23.5 Å². The number of carbonyl (C=O) groups is 2. The number of hydrogen-bond donors (Lipinski definition) is 0. The fourth-order valence-electron chi connectivity index (χ4n) is 2.97. The van der Waals surface area contributed by atoms with Gasteiger partial charge < -0.3 is 9.64 Å². The van der Waals surface area contributed by atoms with Gasteiger partial charge in [-0.2, -0.15) is 4.98 Å². The summed E-state index contributed by atoms with van der Waals surface area (Å²) in [6, 6.07) is 13.4. The molecule has 138 valence electrons. The van der Waals surface area contributed by atoms with Crippen LogP contribution in [0.4, 0.5) is 0 Å². The van der Waals surface area contributed by atoms with Crippen molar-refractivity contribution in [1.29, 1.82) is 0 Å². The van der Waals surface area contributed by atoms with Gasteiger partial charge in [0, 0.05) is 13.0 Å². The molecule has 0 aliphatic carbocycles. The molecule has 0 unspecified atom stereocenters. The Kier molecular flexibility index (Phi) is 4.97. The molecule has 27 heavy (non-hydrogen) atoms. The van der Waals surface area contributed by atoms with Crippen molar-refractivity contribution < 1.29 is 14.3 Å². The predicted molar refractivity (Wildman–Crippen MR) is 101 cm³/mol. The molecular weight excluding hydrogens is 364 g/mol. The summed E-state index contributed by atoms with van der Waals surface area (Å²) in [5.74, 6) is 0.125. The zero-order chi connectivity index (χ0) is 18.6. The molecule has 0 radical (unpaired) electrons. The number of hydrogen-bond acceptors (Lipinski definition) is 6. The van der Waals surface area contributed by atoms with Gasteiger partial charge in [0.2, 0.25) is 5.91 Å². The highest BCUT2D eigenvalue weighted by Crippen LogP contribution is 2.25. The number of nitrogens with zero attached hydrogens (tertiary/aromatic N) is 4. The smallest absolute Gasteiger partial charge is 0.378 e. The Morgan fingerprint density at radius 1 is 1.19 bits per heavy atom. The third-order valence-corrected chi connectivity index (χ3v) is 5.16. The van der Waals surface area contributed by atoms with Crippen molar-refractivity contribution in [3.63, 3.8) is 0 Å². The second kappa shape index (κ2) is 7.71. The number of ether oxygens (including phenoxy) is 1. The molecule has 1 saturated heterocycles. The van der Waals surface area contributed by atoms with E-state index in [-0.39, 0.29) is 18.3 Å². The first-order chi connectivity index (χ1) is 13.2. The molecular formula is C19H18N4O3S.